The Labute approximate surface area is 112 Å². The summed E-state index contributed by atoms with van der Waals surface area (Å²) in [5, 5.41) is 16.4. The second-order valence-corrected chi connectivity index (χ2v) is 4.15. The third kappa shape index (κ3) is 3.05. The lowest BCUT2D eigenvalue weighted by molar-refractivity contribution is 0.415. The lowest BCUT2D eigenvalue weighted by atomic mass is 10.2. The van der Waals surface area contributed by atoms with Crippen LogP contribution in [-0.2, 0) is 13.5 Å². The average Bonchev–Trinajstić information content (AvgIpc) is 2.84. The highest BCUT2D eigenvalue weighted by molar-refractivity contribution is 5.60. The predicted octanol–water partition coefficient (Wildman–Crippen LogP) is 1.95. The van der Waals surface area contributed by atoms with E-state index in [1.54, 1.807) is 25.4 Å². The summed E-state index contributed by atoms with van der Waals surface area (Å²) in [6.07, 6.45) is 2.63. The van der Waals surface area contributed by atoms with Gasteiger partial charge in [-0.25, -0.2) is 0 Å². The maximum atomic E-state index is 9.06. The summed E-state index contributed by atoms with van der Waals surface area (Å²) in [5.41, 5.74) is 2.56. The predicted molar refractivity (Wildman–Crippen MR) is 73.1 cm³/mol. The molecule has 0 saturated heterocycles. The summed E-state index contributed by atoms with van der Waals surface area (Å²) >= 11 is 0. The highest BCUT2D eigenvalue weighted by Gasteiger charge is 2.04. The van der Waals surface area contributed by atoms with Crippen molar-refractivity contribution >= 4 is 5.69 Å². The van der Waals surface area contributed by atoms with E-state index in [9.17, 15) is 0 Å². The number of nitriles is 1. The second kappa shape index (κ2) is 5.91. The molecule has 5 nitrogen and oxygen atoms in total. The molecule has 2 rings (SSSR count). The van der Waals surface area contributed by atoms with Gasteiger partial charge in [-0.3, -0.25) is 4.68 Å². The van der Waals surface area contributed by atoms with Crippen LogP contribution in [0, 0.1) is 11.3 Å². The van der Waals surface area contributed by atoms with E-state index < -0.39 is 0 Å². The van der Waals surface area contributed by atoms with Crippen molar-refractivity contribution in [3.63, 3.8) is 0 Å². The number of hydrogen-bond acceptors (Lipinski definition) is 4. The summed E-state index contributed by atoms with van der Waals surface area (Å²) in [6.45, 7) is 0.737. The first-order valence-corrected chi connectivity index (χ1v) is 6.03. The topological polar surface area (TPSA) is 62.9 Å². The van der Waals surface area contributed by atoms with Crippen molar-refractivity contribution in [2.24, 2.45) is 7.05 Å². The largest absolute Gasteiger partial charge is 0.497 e. The standard InChI is InChI=1S/C14H16N4O/c1-18-12(6-8-17-18)5-7-16-14-9-13(19-2)4-3-11(14)10-15/h3-4,6,8-9,16H,5,7H2,1-2H3. The molecule has 5 heteroatoms. The van der Waals surface area contributed by atoms with Crippen molar-refractivity contribution < 1.29 is 4.74 Å². The number of benzene rings is 1. The minimum atomic E-state index is 0.616. The van der Waals surface area contributed by atoms with Crippen LogP contribution in [0.4, 0.5) is 5.69 Å². The van der Waals surface area contributed by atoms with E-state index >= 15 is 0 Å². The van der Waals surface area contributed by atoms with Gasteiger partial charge in [0.2, 0.25) is 0 Å². The number of aromatic nitrogens is 2. The molecular formula is C14H16N4O. The number of nitrogens with zero attached hydrogens (tertiary/aromatic N) is 3. The third-order valence-electron chi connectivity index (χ3n) is 2.97. The Morgan fingerprint density at radius 2 is 2.26 bits per heavy atom. The quantitative estimate of drug-likeness (QED) is 0.888. The molecule has 0 radical (unpaired) electrons. The van der Waals surface area contributed by atoms with E-state index in [2.05, 4.69) is 16.5 Å². The van der Waals surface area contributed by atoms with Crippen LogP contribution in [0.1, 0.15) is 11.3 Å². The van der Waals surface area contributed by atoms with Crippen molar-refractivity contribution in [1.82, 2.24) is 9.78 Å². The van der Waals surface area contributed by atoms with Crippen molar-refractivity contribution in [1.29, 1.82) is 5.26 Å². The molecular weight excluding hydrogens is 240 g/mol. The molecule has 0 unspecified atom stereocenters. The zero-order chi connectivity index (χ0) is 13.7. The van der Waals surface area contributed by atoms with Crippen LogP contribution in [0.2, 0.25) is 0 Å². The van der Waals surface area contributed by atoms with Gasteiger partial charge in [-0.05, 0) is 18.2 Å². The van der Waals surface area contributed by atoms with Crippen molar-refractivity contribution in [3.8, 4) is 11.8 Å². The molecule has 0 fully saturated rings. The van der Waals surface area contributed by atoms with E-state index in [1.807, 2.05) is 23.9 Å². The number of aryl methyl sites for hydroxylation is 1. The molecule has 0 amide bonds. The van der Waals surface area contributed by atoms with Gasteiger partial charge in [-0.1, -0.05) is 0 Å². The Hall–Kier alpha value is -2.48. The molecule has 1 heterocycles. The Morgan fingerprint density at radius 3 is 2.89 bits per heavy atom. The zero-order valence-electron chi connectivity index (χ0n) is 11.1. The van der Waals surface area contributed by atoms with Crippen LogP contribution < -0.4 is 10.1 Å². The summed E-state index contributed by atoms with van der Waals surface area (Å²) in [5.74, 6) is 0.738. The fourth-order valence-corrected chi connectivity index (χ4v) is 1.87. The molecule has 0 aliphatic carbocycles. The monoisotopic (exact) mass is 256 g/mol. The maximum Gasteiger partial charge on any atom is 0.121 e. The number of rotatable bonds is 5. The molecule has 0 atom stereocenters. The highest BCUT2D eigenvalue weighted by Crippen LogP contribution is 2.21. The molecule has 0 aliphatic heterocycles. The van der Waals surface area contributed by atoms with Gasteiger partial charge in [0.05, 0.1) is 18.4 Å². The zero-order valence-corrected chi connectivity index (χ0v) is 11.1. The number of nitrogens with one attached hydrogen (secondary N) is 1. The third-order valence-corrected chi connectivity index (χ3v) is 2.97. The molecule has 0 spiro atoms. The minimum absolute atomic E-state index is 0.616. The fraction of sp³-hybridized carbons (Fsp3) is 0.286. The molecule has 19 heavy (non-hydrogen) atoms. The van der Waals surface area contributed by atoms with Gasteiger partial charge in [-0.15, -0.1) is 0 Å². The summed E-state index contributed by atoms with van der Waals surface area (Å²) in [4.78, 5) is 0. The smallest absolute Gasteiger partial charge is 0.121 e. The molecule has 1 aromatic carbocycles. The number of hydrogen-bond donors (Lipinski definition) is 1. The van der Waals surface area contributed by atoms with Gasteiger partial charge in [0.1, 0.15) is 11.8 Å². The van der Waals surface area contributed by atoms with E-state index in [4.69, 9.17) is 10.00 Å². The molecule has 2 aromatic rings. The van der Waals surface area contributed by atoms with Gasteiger partial charge in [0.15, 0.2) is 0 Å². The van der Waals surface area contributed by atoms with Crippen LogP contribution in [0.5, 0.6) is 5.75 Å². The van der Waals surface area contributed by atoms with Crippen LogP contribution in [0.3, 0.4) is 0 Å². The Kier molecular flexibility index (Phi) is 4.04. The second-order valence-electron chi connectivity index (χ2n) is 4.15. The summed E-state index contributed by atoms with van der Waals surface area (Å²) < 4.78 is 7.01. The van der Waals surface area contributed by atoms with Gasteiger partial charge in [0.25, 0.3) is 0 Å². The molecule has 1 aromatic heterocycles. The van der Waals surface area contributed by atoms with Crippen LogP contribution in [0.25, 0.3) is 0 Å². The van der Waals surface area contributed by atoms with Gasteiger partial charge < -0.3 is 10.1 Å². The van der Waals surface area contributed by atoms with E-state index in [0.29, 0.717) is 5.56 Å². The Balaban J connectivity index is 2.03. The number of ether oxygens (including phenoxy) is 1. The van der Waals surface area contributed by atoms with Crippen molar-refractivity contribution in [2.75, 3.05) is 19.0 Å². The first-order valence-electron chi connectivity index (χ1n) is 6.03. The first-order chi connectivity index (χ1) is 9.24. The van der Waals surface area contributed by atoms with E-state index in [1.165, 1.54) is 0 Å². The van der Waals surface area contributed by atoms with Crippen LogP contribution in [-0.4, -0.2) is 23.4 Å². The lowest BCUT2D eigenvalue weighted by Gasteiger charge is -2.10. The molecule has 0 aliphatic rings. The molecule has 0 bridgehead atoms. The Bertz CT molecular complexity index is 598. The average molecular weight is 256 g/mol. The van der Waals surface area contributed by atoms with E-state index in [0.717, 1.165) is 30.1 Å². The fourth-order valence-electron chi connectivity index (χ4n) is 1.87. The molecule has 98 valence electrons. The lowest BCUT2D eigenvalue weighted by Crippen LogP contribution is -2.09. The molecule has 0 saturated carbocycles. The number of anilines is 1. The van der Waals surface area contributed by atoms with Gasteiger partial charge >= 0.3 is 0 Å². The summed E-state index contributed by atoms with van der Waals surface area (Å²) in [7, 11) is 3.53. The maximum absolute atomic E-state index is 9.06. The van der Waals surface area contributed by atoms with Crippen molar-refractivity contribution in [3.05, 3.63) is 41.7 Å². The normalized spacial score (nSPS) is 9.95. The van der Waals surface area contributed by atoms with Gasteiger partial charge in [-0.2, -0.15) is 10.4 Å². The SMILES string of the molecule is COc1ccc(C#N)c(NCCc2ccnn2C)c1. The van der Waals surface area contributed by atoms with Crippen LogP contribution in [0.15, 0.2) is 30.5 Å². The number of methoxy groups -OCH3 is 1. The van der Waals surface area contributed by atoms with Crippen molar-refractivity contribution in [2.45, 2.75) is 6.42 Å². The molecule has 1 N–H and O–H groups in total. The minimum Gasteiger partial charge on any atom is -0.497 e. The Morgan fingerprint density at radius 1 is 1.42 bits per heavy atom. The summed E-state index contributed by atoms with van der Waals surface area (Å²) in [6, 6.07) is 9.52. The highest BCUT2D eigenvalue weighted by atomic mass is 16.5. The van der Waals surface area contributed by atoms with Gasteiger partial charge in [0, 0.05) is 38.0 Å². The first kappa shape index (κ1) is 13.0. The van der Waals surface area contributed by atoms with E-state index in [-0.39, 0.29) is 0 Å². The van der Waals surface area contributed by atoms with Crippen LogP contribution >= 0.6 is 0 Å².